The first-order valence-corrected chi connectivity index (χ1v) is 3.14. The maximum absolute atomic E-state index is 8.92. The Hall–Kier alpha value is 0.210. The van der Waals surface area contributed by atoms with Crippen LogP contribution in [0.3, 0.4) is 0 Å². The average Bonchev–Trinajstić information content (AvgIpc) is 1.65. The number of hydrogen-bond acceptors (Lipinski definition) is 2. The van der Waals surface area contributed by atoms with Gasteiger partial charge < -0.3 is 9.84 Å². The van der Waals surface area contributed by atoms with Crippen LogP contribution in [0, 0.1) is 0 Å². The number of aliphatic hydroxyl groups is 1. The topological polar surface area (TPSA) is 29.5 Å². The van der Waals surface area contributed by atoms with E-state index in [2.05, 4.69) is 0 Å². The van der Waals surface area contributed by atoms with E-state index in [1.165, 1.54) is 0 Å². The van der Waals surface area contributed by atoms with Crippen LogP contribution < -0.4 is 0 Å². The van der Waals surface area contributed by atoms with E-state index in [1.54, 1.807) is 0 Å². The van der Waals surface area contributed by atoms with E-state index < -0.39 is 5.25 Å². The van der Waals surface area contributed by atoms with Gasteiger partial charge in [-0.1, -0.05) is 11.6 Å². The molecular weight excluding hydrogens is 128 g/mol. The molecule has 0 spiro atoms. The fraction of sp³-hybridized carbons (Fsp3) is 1.00. The third kappa shape index (κ3) is 1.62. The van der Waals surface area contributed by atoms with Crippen molar-refractivity contribution in [2.75, 3.05) is 6.61 Å². The minimum Gasteiger partial charge on any atom is -0.353 e. The highest BCUT2D eigenvalue weighted by molar-refractivity contribution is 6.21. The number of halogens is 1. The van der Waals surface area contributed by atoms with Crippen LogP contribution in [0.4, 0.5) is 0 Å². The number of rotatable bonds is 0. The van der Waals surface area contributed by atoms with E-state index in [-0.39, 0.29) is 0 Å². The van der Waals surface area contributed by atoms with Gasteiger partial charge in [-0.25, -0.2) is 0 Å². The van der Waals surface area contributed by atoms with Gasteiger partial charge in [0.2, 0.25) is 5.25 Å². The number of alkyl halides is 1. The molecule has 2 nitrogen and oxygen atoms in total. The third-order valence-electron chi connectivity index (χ3n) is 1.20. The van der Waals surface area contributed by atoms with Gasteiger partial charge in [0.15, 0.2) is 0 Å². The van der Waals surface area contributed by atoms with Gasteiger partial charge in [-0.05, 0) is 12.8 Å². The largest absolute Gasteiger partial charge is 0.353 e. The van der Waals surface area contributed by atoms with E-state index >= 15 is 0 Å². The summed E-state index contributed by atoms with van der Waals surface area (Å²) in [4.78, 5) is 0. The smallest absolute Gasteiger partial charge is 0.245 e. The number of ether oxygens (including phenoxy) is 1. The van der Waals surface area contributed by atoms with Crippen LogP contribution in [0.1, 0.15) is 19.3 Å². The highest BCUT2D eigenvalue weighted by Gasteiger charge is 2.26. The predicted octanol–water partition coefficient (Wildman–Crippen LogP) is 1.07. The van der Waals surface area contributed by atoms with Gasteiger partial charge in [-0.3, -0.25) is 0 Å². The van der Waals surface area contributed by atoms with Crippen molar-refractivity contribution in [2.45, 2.75) is 24.5 Å². The molecule has 8 heavy (non-hydrogen) atoms. The minimum absolute atomic E-state index is 0.550. The van der Waals surface area contributed by atoms with E-state index in [0.29, 0.717) is 13.0 Å². The molecule has 1 saturated heterocycles. The highest BCUT2D eigenvalue weighted by Crippen LogP contribution is 2.25. The Morgan fingerprint density at radius 1 is 1.50 bits per heavy atom. The van der Waals surface area contributed by atoms with Crippen molar-refractivity contribution < 1.29 is 9.84 Å². The van der Waals surface area contributed by atoms with Crippen LogP contribution in [0.25, 0.3) is 0 Å². The molecule has 1 atom stereocenters. The lowest BCUT2D eigenvalue weighted by Crippen LogP contribution is -2.29. The quantitative estimate of drug-likeness (QED) is 0.505. The first kappa shape index (κ1) is 6.33. The molecule has 1 rings (SSSR count). The fourth-order valence-corrected chi connectivity index (χ4v) is 0.957. The molecule has 0 aromatic carbocycles. The Morgan fingerprint density at radius 2 is 2.25 bits per heavy atom. The van der Waals surface area contributed by atoms with Gasteiger partial charge in [0, 0.05) is 6.42 Å². The summed E-state index contributed by atoms with van der Waals surface area (Å²) in [7, 11) is 0. The molecule has 0 amide bonds. The first-order chi connectivity index (χ1) is 3.71. The summed E-state index contributed by atoms with van der Waals surface area (Å²) in [5, 5.41) is 7.57. The molecule has 0 aromatic rings. The molecule has 1 heterocycles. The molecule has 48 valence electrons. The normalized spacial score (nSPS) is 39.8. The summed E-state index contributed by atoms with van der Waals surface area (Å²) in [6, 6.07) is 0. The van der Waals surface area contributed by atoms with Crippen molar-refractivity contribution in [3.8, 4) is 0 Å². The van der Waals surface area contributed by atoms with Crippen molar-refractivity contribution in [3.63, 3.8) is 0 Å². The van der Waals surface area contributed by atoms with Crippen molar-refractivity contribution in [1.82, 2.24) is 0 Å². The molecule has 0 aliphatic carbocycles. The summed E-state index contributed by atoms with van der Waals surface area (Å²) in [6.07, 6.45) is 2.52. The first-order valence-electron chi connectivity index (χ1n) is 2.76. The molecule has 1 aliphatic heterocycles. The lowest BCUT2D eigenvalue weighted by molar-refractivity contribution is -0.160. The molecule has 1 unspecified atom stereocenters. The second-order valence-electron chi connectivity index (χ2n) is 1.99. The second-order valence-corrected chi connectivity index (χ2v) is 2.59. The maximum Gasteiger partial charge on any atom is 0.245 e. The van der Waals surface area contributed by atoms with Gasteiger partial charge in [-0.2, -0.15) is 0 Å². The van der Waals surface area contributed by atoms with E-state index in [4.69, 9.17) is 21.4 Å². The standard InChI is InChI=1S/C5H9ClO2/c6-5(7)3-1-2-4-8-5/h7H,1-4H2. The van der Waals surface area contributed by atoms with Crippen LogP contribution >= 0.6 is 11.6 Å². The Morgan fingerprint density at radius 3 is 2.50 bits per heavy atom. The molecule has 0 radical (unpaired) electrons. The maximum atomic E-state index is 8.92. The Balaban J connectivity index is 2.33. The fourth-order valence-electron chi connectivity index (χ4n) is 0.746. The molecule has 1 N–H and O–H groups in total. The van der Waals surface area contributed by atoms with E-state index in [9.17, 15) is 0 Å². The summed E-state index contributed by atoms with van der Waals surface area (Å²) in [6.45, 7) is 0.583. The van der Waals surface area contributed by atoms with Crippen molar-refractivity contribution in [1.29, 1.82) is 0 Å². The van der Waals surface area contributed by atoms with Gasteiger partial charge in [0.05, 0.1) is 6.61 Å². The molecule has 1 fully saturated rings. The minimum atomic E-state index is -1.35. The highest BCUT2D eigenvalue weighted by atomic mass is 35.5. The van der Waals surface area contributed by atoms with Crippen LogP contribution in [-0.2, 0) is 4.74 Å². The zero-order valence-electron chi connectivity index (χ0n) is 4.56. The lowest BCUT2D eigenvalue weighted by atomic mass is 10.2. The van der Waals surface area contributed by atoms with Crippen molar-refractivity contribution >= 4 is 11.6 Å². The van der Waals surface area contributed by atoms with Gasteiger partial charge in [-0.15, -0.1) is 0 Å². The molecule has 1 aliphatic rings. The van der Waals surface area contributed by atoms with Crippen molar-refractivity contribution in [2.24, 2.45) is 0 Å². The average molecular weight is 137 g/mol. The summed E-state index contributed by atoms with van der Waals surface area (Å²) in [5.41, 5.74) is 0. The predicted molar refractivity (Wildman–Crippen MR) is 30.6 cm³/mol. The zero-order chi connectivity index (χ0) is 6.04. The van der Waals surface area contributed by atoms with Crippen LogP contribution in [0.15, 0.2) is 0 Å². The molecule has 0 saturated carbocycles. The molecule has 0 aromatic heterocycles. The third-order valence-corrected chi connectivity index (χ3v) is 1.50. The lowest BCUT2D eigenvalue weighted by Gasteiger charge is -2.24. The summed E-state index contributed by atoms with van der Waals surface area (Å²) in [5.74, 6) is 0. The van der Waals surface area contributed by atoms with Crippen LogP contribution in [0.5, 0.6) is 0 Å². The monoisotopic (exact) mass is 136 g/mol. The van der Waals surface area contributed by atoms with Crippen molar-refractivity contribution in [3.05, 3.63) is 0 Å². The Kier molecular flexibility index (Phi) is 1.75. The van der Waals surface area contributed by atoms with Gasteiger partial charge >= 0.3 is 0 Å². The molecular formula is C5H9ClO2. The number of hydrogen-bond donors (Lipinski definition) is 1. The van der Waals surface area contributed by atoms with Gasteiger partial charge in [0.1, 0.15) is 0 Å². The van der Waals surface area contributed by atoms with E-state index in [1.807, 2.05) is 0 Å². The summed E-state index contributed by atoms with van der Waals surface area (Å²) < 4.78 is 4.79. The Labute approximate surface area is 53.4 Å². The molecule has 3 heteroatoms. The van der Waals surface area contributed by atoms with Gasteiger partial charge in [0.25, 0.3) is 0 Å². The molecule has 0 bridgehead atoms. The van der Waals surface area contributed by atoms with Crippen LogP contribution in [-0.4, -0.2) is 17.0 Å². The van der Waals surface area contributed by atoms with Crippen LogP contribution in [0.2, 0.25) is 0 Å². The SMILES string of the molecule is OC1(Cl)CCCCO1. The zero-order valence-corrected chi connectivity index (χ0v) is 5.32. The second kappa shape index (κ2) is 2.21. The summed E-state index contributed by atoms with van der Waals surface area (Å²) >= 11 is 5.41. The van der Waals surface area contributed by atoms with E-state index in [0.717, 1.165) is 12.8 Å². The Bertz CT molecular complexity index is 74.5.